The molecule has 102 valence electrons. The van der Waals surface area contributed by atoms with E-state index in [4.69, 9.17) is 10.2 Å². The fourth-order valence-electron chi connectivity index (χ4n) is 1.79. The molecular formula is C12H14FN3O3. The molecule has 7 heteroatoms. The maximum absolute atomic E-state index is 13.0. The molecule has 6 nitrogen and oxygen atoms in total. The van der Waals surface area contributed by atoms with E-state index in [1.165, 1.54) is 33.8 Å². The van der Waals surface area contributed by atoms with Crippen molar-refractivity contribution < 1.29 is 19.4 Å². The highest BCUT2D eigenvalue weighted by atomic mass is 19.1. The van der Waals surface area contributed by atoms with Crippen LogP contribution in [0.25, 0.3) is 5.65 Å². The molecule has 0 aromatic carbocycles. The van der Waals surface area contributed by atoms with Crippen LogP contribution in [0.5, 0.6) is 0 Å². The number of aliphatic hydroxyl groups excluding tert-OH is 2. The van der Waals surface area contributed by atoms with Crippen molar-refractivity contribution in [3.05, 3.63) is 36.0 Å². The van der Waals surface area contributed by atoms with Gasteiger partial charge in [0, 0.05) is 25.5 Å². The summed E-state index contributed by atoms with van der Waals surface area (Å²) in [5, 5.41) is 17.8. The van der Waals surface area contributed by atoms with Crippen molar-refractivity contribution in [2.75, 3.05) is 26.3 Å². The Kier molecular flexibility index (Phi) is 4.08. The zero-order chi connectivity index (χ0) is 13.8. The average molecular weight is 267 g/mol. The van der Waals surface area contributed by atoms with Crippen LogP contribution in [-0.4, -0.2) is 56.7 Å². The van der Waals surface area contributed by atoms with Gasteiger partial charge < -0.3 is 19.5 Å². The molecule has 0 aliphatic heterocycles. The van der Waals surface area contributed by atoms with Crippen LogP contribution in [0.15, 0.2) is 24.5 Å². The Morgan fingerprint density at radius 1 is 1.26 bits per heavy atom. The van der Waals surface area contributed by atoms with Crippen molar-refractivity contribution in [1.82, 2.24) is 14.3 Å². The fraction of sp³-hybridized carbons (Fsp3) is 0.333. The van der Waals surface area contributed by atoms with E-state index in [9.17, 15) is 9.18 Å². The van der Waals surface area contributed by atoms with Gasteiger partial charge >= 0.3 is 0 Å². The summed E-state index contributed by atoms with van der Waals surface area (Å²) in [5.74, 6) is -0.835. The lowest BCUT2D eigenvalue weighted by Gasteiger charge is -2.19. The van der Waals surface area contributed by atoms with Crippen LogP contribution in [0, 0.1) is 5.82 Å². The summed E-state index contributed by atoms with van der Waals surface area (Å²) in [5.41, 5.74) is 0.602. The molecule has 2 aromatic heterocycles. The number of aromatic nitrogens is 2. The van der Waals surface area contributed by atoms with Gasteiger partial charge in [-0.25, -0.2) is 9.37 Å². The molecule has 2 heterocycles. The number of rotatable bonds is 5. The molecule has 2 aromatic rings. The number of nitrogens with zero attached hydrogens (tertiary/aromatic N) is 3. The fourth-order valence-corrected chi connectivity index (χ4v) is 1.79. The summed E-state index contributed by atoms with van der Waals surface area (Å²) in [6, 6.07) is 2.73. The largest absolute Gasteiger partial charge is 0.395 e. The van der Waals surface area contributed by atoms with E-state index in [1.54, 1.807) is 0 Å². The number of carbonyl (C=O) groups excluding carboxylic acids is 1. The summed E-state index contributed by atoms with van der Waals surface area (Å²) >= 11 is 0. The highest BCUT2D eigenvalue weighted by Gasteiger charge is 2.18. The first-order chi connectivity index (χ1) is 9.15. The van der Waals surface area contributed by atoms with Crippen molar-refractivity contribution in [3.8, 4) is 0 Å². The highest BCUT2D eigenvalue weighted by molar-refractivity contribution is 5.92. The maximum Gasteiger partial charge on any atom is 0.274 e. The standard InChI is InChI=1S/C12H14FN3O3/c13-9-1-2-11-14-10(8-16(11)7-9)12(19)15(3-5-17)4-6-18/h1-2,7-8,17-18H,3-6H2. The van der Waals surface area contributed by atoms with Gasteiger partial charge in [0.2, 0.25) is 0 Å². The van der Waals surface area contributed by atoms with E-state index >= 15 is 0 Å². The summed E-state index contributed by atoms with van der Waals surface area (Å²) in [6.45, 7) is -0.176. The van der Waals surface area contributed by atoms with Gasteiger partial charge in [-0.3, -0.25) is 4.79 Å². The first-order valence-corrected chi connectivity index (χ1v) is 5.81. The third-order valence-electron chi connectivity index (χ3n) is 2.66. The summed E-state index contributed by atoms with van der Waals surface area (Å²) in [6.07, 6.45) is 2.64. The van der Waals surface area contributed by atoms with Gasteiger partial charge in [0.25, 0.3) is 5.91 Å². The van der Waals surface area contributed by atoms with Crippen LogP contribution in [0.3, 0.4) is 0 Å². The van der Waals surface area contributed by atoms with Crippen LogP contribution in [0.2, 0.25) is 0 Å². The van der Waals surface area contributed by atoms with Crippen LogP contribution < -0.4 is 0 Å². The summed E-state index contributed by atoms with van der Waals surface area (Å²) < 4.78 is 14.5. The minimum atomic E-state index is -0.425. The topological polar surface area (TPSA) is 78.1 Å². The minimum absolute atomic E-state index is 0.113. The Morgan fingerprint density at radius 2 is 1.95 bits per heavy atom. The van der Waals surface area contributed by atoms with Crippen molar-refractivity contribution >= 4 is 11.6 Å². The molecule has 0 spiro atoms. The predicted octanol–water partition coefficient (Wildman–Crippen LogP) is -0.0998. The van der Waals surface area contributed by atoms with E-state index in [0.717, 1.165) is 0 Å². The molecule has 0 unspecified atom stereocenters. The van der Waals surface area contributed by atoms with Crippen molar-refractivity contribution in [2.24, 2.45) is 0 Å². The molecule has 0 radical (unpaired) electrons. The number of pyridine rings is 1. The second kappa shape index (κ2) is 5.77. The molecule has 0 aliphatic carbocycles. The third kappa shape index (κ3) is 2.88. The number of aliphatic hydroxyl groups is 2. The number of hydrogen-bond donors (Lipinski definition) is 2. The number of amides is 1. The summed E-state index contributed by atoms with van der Waals surface area (Å²) in [7, 11) is 0. The van der Waals surface area contributed by atoms with Crippen LogP contribution in [0.4, 0.5) is 4.39 Å². The molecule has 0 fully saturated rings. The van der Waals surface area contributed by atoms with Gasteiger partial charge in [0.05, 0.1) is 13.2 Å². The lowest BCUT2D eigenvalue weighted by atomic mass is 10.3. The average Bonchev–Trinajstić information content (AvgIpc) is 2.80. The number of imidazole rings is 1. The quantitative estimate of drug-likeness (QED) is 0.793. The van der Waals surface area contributed by atoms with Gasteiger partial charge in [-0.2, -0.15) is 0 Å². The molecule has 0 saturated heterocycles. The molecular weight excluding hydrogens is 253 g/mol. The number of carbonyl (C=O) groups is 1. The van der Waals surface area contributed by atoms with Gasteiger partial charge in [-0.1, -0.05) is 0 Å². The maximum atomic E-state index is 13.0. The second-order valence-corrected chi connectivity index (χ2v) is 3.98. The minimum Gasteiger partial charge on any atom is -0.395 e. The van der Waals surface area contributed by atoms with Gasteiger partial charge in [0.1, 0.15) is 17.2 Å². The number of halogens is 1. The first kappa shape index (κ1) is 13.4. The van der Waals surface area contributed by atoms with E-state index < -0.39 is 11.7 Å². The van der Waals surface area contributed by atoms with Crippen molar-refractivity contribution in [3.63, 3.8) is 0 Å². The zero-order valence-electron chi connectivity index (χ0n) is 10.2. The molecule has 0 saturated carbocycles. The molecule has 2 rings (SSSR count). The number of hydrogen-bond acceptors (Lipinski definition) is 4. The number of fused-ring (bicyclic) bond motifs is 1. The molecule has 0 bridgehead atoms. The van der Waals surface area contributed by atoms with Crippen LogP contribution in [-0.2, 0) is 0 Å². The Labute approximate surface area is 108 Å². The smallest absolute Gasteiger partial charge is 0.274 e. The van der Waals surface area contributed by atoms with E-state index in [-0.39, 0.29) is 32.0 Å². The van der Waals surface area contributed by atoms with E-state index in [0.29, 0.717) is 5.65 Å². The highest BCUT2D eigenvalue weighted by Crippen LogP contribution is 2.09. The molecule has 0 atom stereocenters. The SMILES string of the molecule is O=C(c1cn2cc(F)ccc2n1)N(CCO)CCO. The van der Waals surface area contributed by atoms with Crippen LogP contribution >= 0.6 is 0 Å². The van der Waals surface area contributed by atoms with Gasteiger partial charge in [-0.15, -0.1) is 0 Å². The monoisotopic (exact) mass is 267 g/mol. The summed E-state index contributed by atoms with van der Waals surface area (Å²) in [4.78, 5) is 17.5. The van der Waals surface area contributed by atoms with Crippen LogP contribution in [0.1, 0.15) is 10.5 Å². The van der Waals surface area contributed by atoms with Gasteiger partial charge in [-0.05, 0) is 12.1 Å². The lowest BCUT2D eigenvalue weighted by molar-refractivity contribution is 0.0679. The molecule has 0 aliphatic rings. The molecule has 19 heavy (non-hydrogen) atoms. The van der Waals surface area contributed by atoms with Crippen molar-refractivity contribution in [1.29, 1.82) is 0 Å². The Balaban J connectivity index is 2.29. The Morgan fingerprint density at radius 3 is 2.58 bits per heavy atom. The van der Waals surface area contributed by atoms with E-state index in [2.05, 4.69) is 4.98 Å². The zero-order valence-corrected chi connectivity index (χ0v) is 10.2. The Hall–Kier alpha value is -1.99. The van der Waals surface area contributed by atoms with Crippen molar-refractivity contribution in [2.45, 2.75) is 0 Å². The third-order valence-corrected chi connectivity index (χ3v) is 2.66. The second-order valence-electron chi connectivity index (χ2n) is 3.98. The Bertz CT molecular complexity index is 579. The van der Waals surface area contributed by atoms with Gasteiger partial charge in [0.15, 0.2) is 0 Å². The normalized spacial score (nSPS) is 10.9. The van der Waals surface area contributed by atoms with E-state index in [1.807, 2.05) is 0 Å². The molecule has 1 amide bonds. The lowest BCUT2D eigenvalue weighted by Crippen LogP contribution is -2.36. The predicted molar refractivity (Wildman–Crippen MR) is 65.2 cm³/mol. The molecule has 2 N–H and O–H groups in total. The first-order valence-electron chi connectivity index (χ1n) is 5.81.